The second kappa shape index (κ2) is 11.0. The van der Waals surface area contributed by atoms with Gasteiger partial charge < -0.3 is 15.4 Å². The molecule has 1 aliphatic heterocycles. The number of benzene rings is 1. The first-order chi connectivity index (χ1) is 14.2. The number of aliphatic imine (C=N–C) groups is 1. The van der Waals surface area contributed by atoms with Crippen LogP contribution in [0.15, 0.2) is 29.3 Å². The lowest BCUT2D eigenvalue weighted by molar-refractivity contribution is 0.303. The fourth-order valence-corrected chi connectivity index (χ4v) is 4.99. The highest BCUT2D eigenvalue weighted by atomic mass is 32.2. The molecule has 0 radical (unpaired) electrons. The van der Waals surface area contributed by atoms with Crippen molar-refractivity contribution in [1.82, 2.24) is 14.9 Å². The van der Waals surface area contributed by atoms with E-state index in [9.17, 15) is 8.42 Å². The van der Waals surface area contributed by atoms with E-state index in [0.717, 1.165) is 24.6 Å². The van der Waals surface area contributed by atoms with Crippen molar-refractivity contribution in [2.45, 2.75) is 58.4 Å². The number of ether oxygens (including phenoxy) is 1. The van der Waals surface area contributed by atoms with Crippen molar-refractivity contribution >= 4 is 16.0 Å². The van der Waals surface area contributed by atoms with Gasteiger partial charge in [0.1, 0.15) is 12.4 Å². The normalized spacial score (nSPS) is 17.0. The zero-order chi connectivity index (χ0) is 22.2. The molecule has 1 aromatic rings. The summed E-state index contributed by atoms with van der Waals surface area (Å²) in [6.07, 6.45) is 2.21. The molecule has 2 rings (SSSR count). The minimum Gasteiger partial charge on any atom is -0.492 e. The molecule has 0 amide bonds. The summed E-state index contributed by atoms with van der Waals surface area (Å²) in [7, 11) is -1.36. The third kappa shape index (κ3) is 7.47. The van der Waals surface area contributed by atoms with Crippen molar-refractivity contribution in [3.63, 3.8) is 0 Å². The molecule has 1 aliphatic rings. The average molecular weight is 439 g/mol. The van der Waals surface area contributed by atoms with Gasteiger partial charge in [-0.2, -0.15) is 0 Å². The van der Waals surface area contributed by atoms with Crippen molar-refractivity contribution in [3.05, 3.63) is 29.8 Å². The Morgan fingerprint density at radius 3 is 2.57 bits per heavy atom. The average Bonchev–Trinajstić information content (AvgIpc) is 2.70. The first-order valence-corrected chi connectivity index (χ1v) is 12.4. The fraction of sp³-hybridized carbons (Fsp3) is 0.682. The maximum atomic E-state index is 12.2. The number of piperidine rings is 1. The highest BCUT2D eigenvalue weighted by molar-refractivity contribution is 7.89. The maximum Gasteiger partial charge on any atom is 0.214 e. The predicted octanol–water partition coefficient (Wildman–Crippen LogP) is 2.73. The third-order valence-corrected chi connectivity index (χ3v) is 7.31. The second-order valence-electron chi connectivity index (χ2n) is 8.76. The Bertz CT molecular complexity index is 795. The van der Waals surface area contributed by atoms with Crippen LogP contribution in [0, 0.1) is 0 Å². The van der Waals surface area contributed by atoms with Gasteiger partial charge in [0.05, 0.1) is 12.3 Å². The summed E-state index contributed by atoms with van der Waals surface area (Å²) < 4.78 is 31.9. The van der Waals surface area contributed by atoms with Crippen molar-refractivity contribution in [2.75, 3.05) is 39.0 Å². The second-order valence-corrected chi connectivity index (χ2v) is 10.8. The van der Waals surface area contributed by atoms with Gasteiger partial charge in [-0.15, -0.1) is 0 Å². The molecule has 1 fully saturated rings. The maximum absolute atomic E-state index is 12.2. The van der Waals surface area contributed by atoms with Crippen molar-refractivity contribution in [2.24, 2.45) is 4.99 Å². The SMILES string of the molecule is CCCS(=O)(=O)N1CCC(NC(=NC)NCCOc2cccc(C(C)(C)C)c2)CC1. The molecule has 0 saturated carbocycles. The van der Waals surface area contributed by atoms with Gasteiger partial charge in [-0.1, -0.05) is 39.8 Å². The van der Waals surface area contributed by atoms with Crippen LogP contribution >= 0.6 is 0 Å². The number of hydrogen-bond donors (Lipinski definition) is 2. The fourth-order valence-electron chi connectivity index (χ4n) is 3.44. The number of hydrogen-bond acceptors (Lipinski definition) is 4. The van der Waals surface area contributed by atoms with Crippen LogP contribution in [-0.2, 0) is 15.4 Å². The Labute approximate surface area is 182 Å². The van der Waals surface area contributed by atoms with E-state index in [1.807, 2.05) is 19.1 Å². The van der Waals surface area contributed by atoms with Crippen LogP contribution in [0.4, 0.5) is 0 Å². The molecule has 0 aliphatic carbocycles. The molecule has 0 spiro atoms. The molecule has 0 atom stereocenters. The van der Waals surface area contributed by atoms with Crippen molar-refractivity contribution < 1.29 is 13.2 Å². The van der Waals surface area contributed by atoms with Crippen LogP contribution in [0.3, 0.4) is 0 Å². The van der Waals surface area contributed by atoms with Crippen molar-refractivity contribution in [1.29, 1.82) is 0 Å². The number of rotatable bonds is 8. The summed E-state index contributed by atoms with van der Waals surface area (Å²) >= 11 is 0. The molecule has 1 aromatic carbocycles. The largest absolute Gasteiger partial charge is 0.492 e. The van der Waals surface area contributed by atoms with Gasteiger partial charge in [0.2, 0.25) is 10.0 Å². The monoisotopic (exact) mass is 438 g/mol. The van der Waals surface area contributed by atoms with Gasteiger partial charge in [-0.25, -0.2) is 12.7 Å². The molecule has 30 heavy (non-hydrogen) atoms. The van der Waals surface area contributed by atoms with Gasteiger partial charge in [0, 0.05) is 26.2 Å². The van der Waals surface area contributed by atoms with Crippen LogP contribution < -0.4 is 15.4 Å². The Balaban J connectivity index is 1.73. The molecule has 1 saturated heterocycles. The molecule has 7 nitrogen and oxygen atoms in total. The van der Waals surface area contributed by atoms with E-state index in [1.165, 1.54) is 5.56 Å². The first kappa shape index (κ1) is 24.5. The Hall–Kier alpha value is -1.80. The highest BCUT2D eigenvalue weighted by Gasteiger charge is 2.27. The summed E-state index contributed by atoms with van der Waals surface area (Å²) in [6.45, 7) is 10.7. The van der Waals surface area contributed by atoms with Gasteiger partial charge >= 0.3 is 0 Å². The van der Waals surface area contributed by atoms with Crippen molar-refractivity contribution in [3.8, 4) is 5.75 Å². The number of nitrogens with zero attached hydrogens (tertiary/aromatic N) is 2. The standard InChI is InChI=1S/C22H38N4O3S/c1-6-16-30(27,28)26-13-10-19(11-14-26)25-21(23-5)24-12-15-29-20-9-7-8-18(17-20)22(2,3)4/h7-9,17,19H,6,10-16H2,1-5H3,(H2,23,24,25). The van der Waals surface area contributed by atoms with E-state index in [-0.39, 0.29) is 17.2 Å². The van der Waals surface area contributed by atoms with Gasteiger partial charge in [0.25, 0.3) is 0 Å². The van der Waals surface area contributed by atoms with E-state index in [2.05, 4.69) is 48.5 Å². The zero-order valence-corrected chi connectivity index (χ0v) is 19.9. The lowest BCUT2D eigenvalue weighted by atomic mass is 9.87. The molecule has 0 bridgehead atoms. The predicted molar refractivity (Wildman–Crippen MR) is 124 cm³/mol. The summed E-state index contributed by atoms with van der Waals surface area (Å²) in [5, 5.41) is 6.67. The van der Waals surface area contributed by atoms with E-state index in [1.54, 1.807) is 11.4 Å². The van der Waals surface area contributed by atoms with Gasteiger partial charge in [-0.05, 0) is 42.4 Å². The highest BCUT2D eigenvalue weighted by Crippen LogP contribution is 2.25. The Morgan fingerprint density at radius 2 is 1.97 bits per heavy atom. The zero-order valence-electron chi connectivity index (χ0n) is 19.1. The summed E-state index contributed by atoms with van der Waals surface area (Å²) in [5.74, 6) is 1.82. The topological polar surface area (TPSA) is 83.0 Å². The minimum atomic E-state index is -3.10. The Kier molecular flexibility index (Phi) is 8.97. The van der Waals surface area contributed by atoms with Crippen LogP contribution in [0.25, 0.3) is 0 Å². The van der Waals surface area contributed by atoms with Crippen LogP contribution in [-0.4, -0.2) is 63.8 Å². The van der Waals surface area contributed by atoms with E-state index in [0.29, 0.717) is 32.7 Å². The lowest BCUT2D eigenvalue weighted by Crippen LogP contribution is -2.50. The number of sulfonamides is 1. The van der Waals surface area contributed by atoms with Gasteiger partial charge in [0.15, 0.2) is 5.96 Å². The third-order valence-electron chi connectivity index (χ3n) is 5.24. The first-order valence-electron chi connectivity index (χ1n) is 10.8. The summed E-state index contributed by atoms with van der Waals surface area (Å²) in [6, 6.07) is 8.43. The van der Waals surface area contributed by atoms with Crippen LogP contribution in [0.1, 0.15) is 52.5 Å². The summed E-state index contributed by atoms with van der Waals surface area (Å²) in [4.78, 5) is 4.28. The van der Waals surface area contributed by atoms with E-state index in [4.69, 9.17) is 4.74 Å². The molecule has 0 aromatic heterocycles. The smallest absolute Gasteiger partial charge is 0.214 e. The van der Waals surface area contributed by atoms with Gasteiger partial charge in [-0.3, -0.25) is 4.99 Å². The Morgan fingerprint density at radius 1 is 1.27 bits per heavy atom. The van der Waals surface area contributed by atoms with E-state index < -0.39 is 10.0 Å². The number of nitrogens with one attached hydrogen (secondary N) is 2. The van der Waals surface area contributed by atoms with Crippen LogP contribution in [0.2, 0.25) is 0 Å². The molecular formula is C22H38N4O3S. The summed E-state index contributed by atoms with van der Waals surface area (Å²) in [5.41, 5.74) is 1.34. The molecule has 2 N–H and O–H groups in total. The molecule has 0 unspecified atom stereocenters. The quantitative estimate of drug-likeness (QED) is 0.370. The number of guanidine groups is 1. The molecule has 1 heterocycles. The molecule has 170 valence electrons. The van der Waals surface area contributed by atoms with E-state index >= 15 is 0 Å². The molecule has 8 heteroatoms. The van der Waals surface area contributed by atoms with Crippen LogP contribution in [0.5, 0.6) is 5.75 Å². The lowest BCUT2D eigenvalue weighted by Gasteiger charge is -2.32. The molecular weight excluding hydrogens is 400 g/mol. The minimum absolute atomic E-state index is 0.0923.